The summed E-state index contributed by atoms with van der Waals surface area (Å²) in [6.07, 6.45) is 0. The van der Waals surface area contributed by atoms with Crippen molar-refractivity contribution in [2.75, 3.05) is 0 Å². The number of hydrogen-bond donors (Lipinski definition) is 9. The number of rotatable bonds is 16. The largest absolute Gasteiger partial charge is 0.382 e. The number of hydrogen-bond acceptors (Lipinski definition) is 22. The normalized spacial score (nSPS) is 15.8. The zero-order valence-electron chi connectivity index (χ0n) is 39.8. The van der Waals surface area contributed by atoms with Gasteiger partial charge in [-0.25, -0.2) is 33.9 Å². The molecule has 8 bridgehead atoms. The van der Waals surface area contributed by atoms with Gasteiger partial charge in [-0.3, -0.25) is 0 Å². The quantitative estimate of drug-likeness (QED) is 0.0322. The Hall–Kier alpha value is -3.28. The van der Waals surface area contributed by atoms with Gasteiger partial charge in [0.25, 0.3) is 0 Å². The first-order valence-electron chi connectivity index (χ1n) is 22.5. The molecule has 7 aromatic rings. The Morgan fingerprint density at radius 2 is 0.792 bits per heavy atom. The molecular weight excluding hydrogens is 1070 g/mol. The van der Waals surface area contributed by atoms with Crippen LogP contribution in [0.3, 0.4) is 0 Å². The second-order valence-electron chi connectivity index (χ2n) is 16.6. The maximum absolute atomic E-state index is 11.3. The van der Waals surface area contributed by atoms with Crippen LogP contribution < -0.4 is 0 Å². The van der Waals surface area contributed by atoms with Crippen molar-refractivity contribution in [1.29, 1.82) is 0 Å². The van der Waals surface area contributed by atoms with Crippen molar-refractivity contribution in [2.45, 2.75) is 133 Å². The number of nitrogens with one attached hydrogen (secondary N) is 1. The minimum Gasteiger partial charge on any atom is -0.382 e. The summed E-state index contributed by atoms with van der Waals surface area (Å²) in [7, 11) is 0. The first-order chi connectivity index (χ1) is 34.3. The van der Waals surface area contributed by atoms with Crippen molar-refractivity contribution in [3.8, 4) is 45.6 Å². The second-order valence-corrected chi connectivity index (χ2v) is 27.1. The molecule has 72 heavy (non-hydrogen) atoms. The summed E-state index contributed by atoms with van der Waals surface area (Å²) in [6.45, 7) is 13.0. The SMILES string of the molecule is CC(O)Sc1cc2c(c(SC(C)O)c1SC(C)O)-c1nc-2nc2c3ccccc3c(nc3nc(nc4[nH]c(n1)c1c(SC(C)O)c(SC(C)O)c(SC(C)O)c(SC(C)O)c41)-c1ccccc1-3)n2SC(C)O. The van der Waals surface area contributed by atoms with Crippen LogP contribution in [0.15, 0.2) is 88.9 Å². The Morgan fingerprint density at radius 3 is 1.26 bits per heavy atom. The van der Waals surface area contributed by atoms with Crippen molar-refractivity contribution < 1.29 is 40.9 Å². The number of fused-ring (bicyclic) bond motifs is 20. The van der Waals surface area contributed by atoms with E-state index in [9.17, 15) is 40.9 Å². The molecule has 0 fully saturated rings. The van der Waals surface area contributed by atoms with Gasteiger partial charge in [-0.15, -0.1) is 0 Å². The molecule has 9 rings (SSSR count). The first-order valence-corrected chi connectivity index (χ1v) is 29.5. The van der Waals surface area contributed by atoms with Gasteiger partial charge in [0.15, 0.2) is 34.6 Å². The van der Waals surface area contributed by atoms with Crippen LogP contribution in [0.2, 0.25) is 0 Å². The van der Waals surface area contributed by atoms with Gasteiger partial charge in [-0.05, 0) is 73.4 Å². The number of benzene rings is 4. The number of aromatic nitrogens is 8. The summed E-state index contributed by atoms with van der Waals surface area (Å²) >= 11 is 9.03. The molecule has 5 heterocycles. The van der Waals surface area contributed by atoms with Gasteiger partial charge in [0.05, 0.1) is 0 Å². The smallest absolute Gasteiger partial charge is 0.165 e. The Balaban J connectivity index is 1.60. The van der Waals surface area contributed by atoms with Crippen molar-refractivity contribution >= 4 is 138 Å². The van der Waals surface area contributed by atoms with Gasteiger partial charge in [0, 0.05) is 78.1 Å². The molecule has 9 N–H and O–H groups in total. The van der Waals surface area contributed by atoms with E-state index in [1.807, 2.05) is 54.6 Å². The summed E-state index contributed by atoms with van der Waals surface area (Å²) in [5, 5.41) is 91.3. The van der Waals surface area contributed by atoms with Crippen LogP contribution in [0, 0.1) is 0 Å². The van der Waals surface area contributed by atoms with Gasteiger partial charge < -0.3 is 45.8 Å². The van der Waals surface area contributed by atoms with E-state index in [-0.39, 0.29) is 22.9 Å². The fraction of sp³-hybridized carbons (Fsp3) is 0.333. The van der Waals surface area contributed by atoms with E-state index in [4.69, 9.17) is 29.9 Å². The van der Waals surface area contributed by atoms with Crippen molar-refractivity contribution in [2.24, 2.45) is 0 Å². The average molecular weight is 1120 g/mol. The molecule has 0 amide bonds. The fourth-order valence-electron chi connectivity index (χ4n) is 8.20. The number of nitrogens with zero attached hydrogens (tertiary/aromatic N) is 7. The molecule has 0 aliphatic carbocycles. The Kier molecular flexibility index (Phi) is 16.5. The monoisotopic (exact) mass is 1120 g/mol. The van der Waals surface area contributed by atoms with Crippen LogP contribution in [0.25, 0.3) is 89.7 Å². The molecule has 0 radical (unpaired) electrons. The molecular formula is C48H50N8O8S8. The number of thioether (sulfide) groups is 7. The third-order valence-corrected chi connectivity index (χ3v) is 18.8. The lowest BCUT2D eigenvalue weighted by atomic mass is 10.1. The zero-order chi connectivity index (χ0) is 51.4. The van der Waals surface area contributed by atoms with E-state index in [0.29, 0.717) is 101 Å². The molecule has 8 unspecified atom stereocenters. The lowest BCUT2D eigenvalue weighted by molar-refractivity contribution is 0.281. The maximum atomic E-state index is 11.3. The summed E-state index contributed by atoms with van der Waals surface area (Å²) in [6, 6.07) is 17.0. The van der Waals surface area contributed by atoms with Crippen molar-refractivity contribution in [3.63, 3.8) is 0 Å². The van der Waals surface area contributed by atoms with E-state index in [0.717, 1.165) is 94.3 Å². The predicted molar refractivity (Wildman–Crippen MR) is 297 cm³/mol. The number of H-pyrrole nitrogens is 1. The highest BCUT2D eigenvalue weighted by molar-refractivity contribution is 8.05. The minimum absolute atomic E-state index is 0.147. The van der Waals surface area contributed by atoms with Gasteiger partial charge in [0.1, 0.15) is 54.8 Å². The van der Waals surface area contributed by atoms with Crippen LogP contribution in [-0.4, -0.2) is 123 Å². The fourth-order valence-corrected chi connectivity index (χ4v) is 16.2. The molecule has 8 atom stereocenters. The molecule has 0 saturated carbocycles. The Morgan fingerprint density at radius 1 is 0.403 bits per heavy atom. The number of aliphatic hydroxyl groups is 8. The van der Waals surface area contributed by atoms with E-state index in [1.54, 1.807) is 59.4 Å². The Labute approximate surface area is 448 Å². The topological polar surface area (TPSA) is 260 Å². The molecule has 3 aromatic heterocycles. The Bertz CT molecular complexity index is 3410. The average Bonchev–Trinajstić information content (AvgIpc) is 4.00. The van der Waals surface area contributed by atoms with E-state index < -0.39 is 43.5 Å². The molecule has 378 valence electrons. The molecule has 24 heteroatoms. The van der Waals surface area contributed by atoms with Gasteiger partial charge >= 0.3 is 0 Å². The molecule has 0 spiro atoms. The predicted octanol–water partition coefficient (Wildman–Crippen LogP) is 10.2. The first kappa shape index (κ1) is 53.5. The third kappa shape index (κ3) is 10.9. The van der Waals surface area contributed by atoms with Crippen LogP contribution in [0.5, 0.6) is 0 Å². The molecule has 2 aliphatic heterocycles. The molecule has 2 aliphatic rings. The highest BCUT2D eigenvalue weighted by Gasteiger charge is 2.33. The van der Waals surface area contributed by atoms with Crippen LogP contribution in [0.1, 0.15) is 55.4 Å². The van der Waals surface area contributed by atoms with Gasteiger partial charge in [-0.1, -0.05) is 131 Å². The van der Waals surface area contributed by atoms with E-state index in [2.05, 4.69) is 4.98 Å². The number of aromatic amines is 1. The molecule has 4 aromatic carbocycles. The summed E-state index contributed by atoms with van der Waals surface area (Å²) < 4.78 is 1.76. The zero-order valence-corrected chi connectivity index (χ0v) is 46.3. The number of aliphatic hydroxyl groups excluding tert-OH is 8. The van der Waals surface area contributed by atoms with Crippen molar-refractivity contribution in [1.82, 2.24) is 38.9 Å². The molecule has 0 saturated heterocycles. The van der Waals surface area contributed by atoms with Crippen LogP contribution in [-0.2, 0) is 0 Å². The third-order valence-electron chi connectivity index (χ3n) is 10.5. The van der Waals surface area contributed by atoms with Crippen LogP contribution >= 0.6 is 94.3 Å². The van der Waals surface area contributed by atoms with E-state index >= 15 is 0 Å². The molecule has 16 nitrogen and oxygen atoms in total. The van der Waals surface area contributed by atoms with E-state index in [1.165, 1.54) is 0 Å². The van der Waals surface area contributed by atoms with Crippen LogP contribution in [0.4, 0.5) is 0 Å². The highest BCUT2D eigenvalue weighted by atomic mass is 32.2. The maximum Gasteiger partial charge on any atom is 0.165 e. The van der Waals surface area contributed by atoms with Crippen molar-refractivity contribution in [3.05, 3.63) is 54.6 Å². The highest BCUT2D eigenvalue weighted by Crippen LogP contribution is 2.55. The lowest BCUT2D eigenvalue weighted by Gasteiger charge is -2.22. The second kappa shape index (κ2) is 22.1. The van der Waals surface area contributed by atoms with Gasteiger partial charge in [0.2, 0.25) is 0 Å². The summed E-state index contributed by atoms with van der Waals surface area (Å²) in [5.41, 5.74) is -3.93. The summed E-state index contributed by atoms with van der Waals surface area (Å²) in [5.74, 6) is 0.987. The van der Waals surface area contributed by atoms with Gasteiger partial charge in [-0.2, -0.15) is 0 Å². The standard InChI is InChI=1S/C48H50N8O8S8/c1-18(57)65-31-17-30-32(36(67-20(3)59)35(31)66-19(2)58)44-51-43(30)55-48-29-16-12-11-15-28(29)47(56(48)72-25(8)64)54-42-27-14-10-9-13-26(27)41(49-42)50-45-33-34(46(52-44)53-45)38(69-22(5)61)40(71-24(7)63)39(70-23(6)62)37(33)68-21(4)60/h9-25,57-64H,1-8H3,(H,49,50,51,52,53,54,55). The minimum atomic E-state index is -0.992. The lowest BCUT2D eigenvalue weighted by Crippen LogP contribution is -2.04. The summed E-state index contributed by atoms with van der Waals surface area (Å²) in [4.78, 5) is 38.9.